The van der Waals surface area contributed by atoms with Crippen LogP contribution < -0.4 is 15.1 Å². The highest BCUT2D eigenvalue weighted by atomic mass is 16.5. The van der Waals surface area contributed by atoms with E-state index in [9.17, 15) is 9.59 Å². The van der Waals surface area contributed by atoms with Crippen LogP contribution in [0.4, 0.5) is 22.9 Å². The van der Waals surface area contributed by atoms with Crippen molar-refractivity contribution in [2.24, 2.45) is 5.92 Å². The van der Waals surface area contributed by atoms with Crippen molar-refractivity contribution in [2.75, 3.05) is 48.5 Å². The topological polar surface area (TPSA) is 78.0 Å². The number of amides is 2. The molecule has 3 heterocycles. The number of fused-ring (bicyclic) bond motifs is 1. The number of carbonyl (C=O) groups is 2. The third kappa shape index (κ3) is 6.29. The molecule has 1 fully saturated rings. The largest absolute Gasteiger partial charge is 0.381 e. The molecule has 2 aromatic rings. The molecule has 1 atom stereocenters. The van der Waals surface area contributed by atoms with Gasteiger partial charge in [-0.1, -0.05) is 33.3 Å². The molecule has 1 aromatic heterocycles. The quantitative estimate of drug-likeness (QED) is 0.447. The van der Waals surface area contributed by atoms with Gasteiger partial charge in [-0.15, -0.1) is 0 Å². The first-order valence-electron chi connectivity index (χ1n) is 14.1. The molecule has 0 radical (unpaired) electrons. The number of anilines is 4. The number of likely N-dealkylation sites (N-methyl/N-ethyl adjacent to an activating group) is 1. The van der Waals surface area contributed by atoms with Gasteiger partial charge in [0.25, 0.3) is 5.91 Å². The fourth-order valence-corrected chi connectivity index (χ4v) is 5.31. The summed E-state index contributed by atoms with van der Waals surface area (Å²) in [7, 11) is 1.81. The Hall–Kier alpha value is -3.13. The molecular formula is C30H43N5O3. The zero-order valence-corrected chi connectivity index (χ0v) is 23.6. The van der Waals surface area contributed by atoms with E-state index in [1.807, 2.05) is 49.2 Å². The lowest BCUT2D eigenvalue weighted by Crippen LogP contribution is -2.55. The predicted molar refractivity (Wildman–Crippen MR) is 153 cm³/mol. The second-order valence-corrected chi connectivity index (χ2v) is 10.9. The van der Waals surface area contributed by atoms with Crippen LogP contribution in [0.5, 0.6) is 0 Å². The number of unbranched alkanes of at least 4 members (excludes halogenated alkanes) is 1. The average Bonchev–Trinajstić information content (AvgIpc) is 2.92. The normalized spacial score (nSPS) is 18.1. The van der Waals surface area contributed by atoms with Gasteiger partial charge in [0.05, 0.1) is 17.6 Å². The second-order valence-electron chi connectivity index (χ2n) is 10.9. The Morgan fingerprint density at radius 2 is 1.95 bits per heavy atom. The van der Waals surface area contributed by atoms with Crippen LogP contribution in [0.2, 0.25) is 0 Å². The number of nitrogens with zero attached hydrogens (tertiary/aromatic N) is 4. The highest BCUT2D eigenvalue weighted by Crippen LogP contribution is 2.39. The van der Waals surface area contributed by atoms with Crippen LogP contribution in [0.15, 0.2) is 36.5 Å². The lowest BCUT2D eigenvalue weighted by atomic mass is 10.00. The summed E-state index contributed by atoms with van der Waals surface area (Å²) in [5, 5.41) is 3.41. The van der Waals surface area contributed by atoms with Crippen LogP contribution >= 0.6 is 0 Å². The van der Waals surface area contributed by atoms with Gasteiger partial charge >= 0.3 is 0 Å². The van der Waals surface area contributed by atoms with E-state index in [0.29, 0.717) is 30.5 Å². The van der Waals surface area contributed by atoms with Crippen molar-refractivity contribution in [3.05, 3.63) is 42.1 Å². The Kier molecular flexibility index (Phi) is 9.26. The Morgan fingerprint density at radius 3 is 2.66 bits per heavy atom. The molecule has 0 aliphatic carbocycles. The summed E-state index contributed by atoms with van der Waals surface area (Å²) in [6.45, 7) is 11.5. The van der Waals surface area contributed by atoms with Gasteiger partial charge in [0.15, 0.2) is 0 Å². The van der Waals surface area contributed by atoms with E-state index in [4.69, 9.17) is 4.74 Å². The van der Waals surface area contributed by atoms with Gasteiger partial charge in [-0.2, -0.15) is 0 Å². The van der Waals surface area contributed by atoms with Gasteiger partial charge in [0.1, 0.15) is 11.9 Å². The smallest absolute Gasteiger partial charge is 0.253 e. The first-order chi connectivity index (χ1) is 18.3. The summed E-state index contributed by atoms with van der Waals surface area (Å²) < 4.78 is 5.58. The van der Waals surface area contributed by atoms with Gasteiger partial charge in [0.2, 0.25) is 5.91 Å². The molecule has 1 aromatic carbocycles. The minimum absolute atomic E-state index is 0.0702. The highest BCUT2D eigenvalue weighted by molar-refractivity contribution is 6.05. The zero-order chi connectivity index (χ0) is 27.2. The van der Waals surface area contributed by atoms with E-state index < -0.39 is 0 Å². The summed E-state index contributed by atoms with van der Waals surface area (Å²) in [6.07, 6.45) is 6.59. The Bertz CT molecular complexity index is 1110. The first kappa shape index (κ1) is 27.9. The van der Waals surface area contributed by atoms with Gasteiger partial charge < -0.3 is 24.8 Å². The van der Waals surface area contributed by atoms with E-state index >= 15 is 0 Å². The van der Waals surface area contributed by atoms with Crippen molar-refractivity contribution < 1.29 is 14.3 Å². The van der Waals surface area contributed by atoms with E-state index in [-0.39, 0.29) is 23.9 Å². The minimum Gasteiger partial charge on any atom is -0.381 e. The van der Waals surface area contributed by atoms with Crippen LogP contribution in [-0.4, -0.2) is 67.1 Å². The van der Waals surface area contributed by atoms with Crippen LogP contribution in [0.1, 0.15) is 70.2 Å². The zero-order valence-electron chi connectivity index (χ0n) is 23.6. The molecule has 2 aliphatic rings. The molecule has 2 aliphatic heterocycles. The number of hydrogen-bond acceptors (Lipinski definition) is 6. The fourth-order valence-electron chi connectivity index (χ4n) is 5.31. The van der Waals surface area contributed by atoms with Crippen LogP contribution in [0.25, 0.3) is 0 Å². The van der Waals surface area contributed by atoms with E-state index in [0.717, 1.165) is 62.3 Å². The summed E-state index contributed by atoms with van der Waals surface area (Å²) >= 11 is 0. The number of ether oxygens (including phenoxy) is 1. The Morgan fingerprint density at radius 1 is 1.18 bits per heavy atom. The van der Waals surface area contributed by atoms with Crippen molar-refractivity contribution in [2.45, 2.75) is 71.9 Å². The maximum atomic E-state index is 13.4. The van der Waals surface area contributed by atoms with Crippen LogP contribution in [0, 0.1) is 5.92 Å². The van der Waals surface area contributed by atoms with E-state index in [1.165, 1.54) is 0 Å². The lowest BCUT2D eigenvalue weighted by Gasteiger charge is -2.45. The van der Waals surface area contributed by atoms with Crippen molar-refractivity contribution in [1.82, 2.24) is 9.88 Å². The monoisotopic (exact) mass is 521 g/mol. The molecule has 0 spiro atoms. The maximum absolute atomic E-state index is 13.4. The maximum Gasteiger partial charge on any atom is 0.253 e. The third-order valence-electron chi connectivity index (χ3n) is 7.62. The number of pyridine rings is 1. The average molecular weight is 522 g/mol. The van der Waals surface area contributed by atoms with Crippen molar-refractivity contribution >= 4 is 34.7 Å². The number of carbonyl (C=O) groups excluding carboxylic acids is 2. The summed E-state index contributed by atoms with van der Waals surface area (Å²) in [5.74, 6) is 1.37. The molecule has 8 nitrogen and oxygen atoms in total. The summed E-state index contributed by atoms with van der Waals surface area (Å²) in [4.78, 5) is 37.0. The second kappa shape index (κ2) is 12.6. The molecule has 2 amide bonds. The molecule has 38 heavy (non-hydrogen) atoms. The Labute approximate surface area is 227 Å². The molecule has 4 rings (SSSR count). The summed E-state index contributed by atoms with van der Waals surface area (Å²) in [6, 6.07) is 9.67. The van der Waals surface area contributed by atoms with Gasteiger partial charge in [0, 0.05) is 56.7 Å². The SMILES string of the molecule is CCCCN(CCC(C)C)C(=O)c1cccc(Nc2cc3c(cn2)N(C)C(=O)C(C)N3C2CCOCC2)c1. The molecule has 1 N–H and O–H groups in total. The molecule has 0 bridgehead atoms. The van der Waals surface area contributed by atoms with Crippen LogP contribution in [0.3, 0.4) is 0 Å². The number of rotatable bonds is 10. The van der Waals surface area contributed by atoms with Gasteiger partial charge in [-0.25, -0.2) is 4.98 Å². The number of nitrogens with one attached hydrogen (secondary N) is 1. The molecule has 206 valence electrons. The molecule has 8 heteroatoms. The third-order valence-corrected chi connectivity index (χ3v) is 7.62. The standard InChI is InChI=1S/C30H43N5O3/c1-6-7-14-34(15-11-21(2)3)30(37)23-9-8-10-24(18-23)32-28-19-26-27(20-31-28)33(5)29(36)22(4)35(26)25-12-16-38-17-13-25/h8-10,18-22,25H,6-7,11-17H2,1-5H3,(H,31,32). The Balaban J connectivity index is 1.57. The van der Waals surface area contributed by atoms with Crippen LogP contribution in [-0.2, 0) is 9.53 Å². The van der Waals surface area contributed by atoms with Gasteiger partial charge in [-0.3, -0.25) is 9.59 Å². The number of hydrogen-bond donors (Lipinski definition) is 1. The molecule has 1 unspecified atom stereocenters. The van der Waals surface area contributed by atoms with Crippen molar-refractivity contribution in [1.29, 1.82) is 0 Å². The first-order valence-corrected chi connectivity index (χ1v) is 14.1. The number of benzene rings is 1. The fraction of sp³-hybridized carbons (Fsp3) is 0.567. The van der Waals surface area contributed by atoms with Gasteiger partial charge in [-0.05, 0) is 56.7 Å². The van der Waals surface area contributed by atoms with Crippen molar-refractivity contribution in [3.63, 3.8) is 0 Å². The summed E-state index contributed by atoms with van der Waals surface area (Å²) in [5.41, 5.74) is 3.30. The predicted octanol–water partition coefficient (Wildman–Crippen LogP) is 5.46. The minimum atomic E-state index is -0.258. The lowest BCUT2D eigenvalue weighted by molar-refractivity contribution is -0.119. The molecule has 1 saturated heterocycles. The molecule has 0 saturated carbocycles. The van der Waals surface area contributed by atoms with E-state index in [1.54, 1.807) is 11.1 Å². The highest BCUT2D eigenvalue weighted by Gasteiger charge is 2.38. The van der Waals surface area contributed by atoms with Crippen molar-refractivity contribution in [3.8, 4) is 0 Å². The molecular weight excluding hydrogens is 478 g/mol. The number of aromatic nitrogens is 1. The van der Waals surface area contributed by atoms with E-state index in [2.05, 4.69) is 36.0 Å².